The average Bonchev–Trinajstić information content (AvgIpc) is 2.56. The molecule has 76 valence electrons. The zero-order chi connectivity index (χ0) is 9.97. The second-order valence-corrected chi connectivity index (χ2v) is 3.72. The van der Waals surface area contributed by atoms with Gasteiger partial charge in [0.25, 0.3) is 0 Å². The van der Waals surface area contributed by atoms with E-state index < -0.39 is 0 Å². The maximum absolute atomic E-state index is 9.55. The van der Waals surface area contributed by atoms with Crippen LogP contribution < -0.4 is 5.32 Å². The molecule has 0 aliphatic carbocycles. The molecule has 1 heterocycles. The summed E-state index contributed by atoms with van der Waals surface area (Å²) in [5, 5.41) is 12.8. The fraction of sp³-hybridized carbons (Fsp3) is 0.455. The molecule has 0 aromatic heterocycles. The van der Waals surface area contributed by atoms with Gasteiger partial charge in [0.15, 0.2) is 0 Å². The van der Waals surface area contributed by atoms with Gasteiger partial charge in [-0.2, -0.15) is 0 Å². The van der Waals surface area contributed by atoms with Crippen molar-refractivity contribution in [1.82, 2.24) is 5.32 Å². The van der Waals surface area contributed by atoms with E-state index in [9.17, 15) is 5.11 Å². The predicted molar refractivity (Wildman–Crippen MR) is 54.1 cm³/mol. The summed E-state index contributed by atoms with van der Waals surface area (Å²) in [6, 6.07) is 7.78. The van der Waals surface area contributed by atoms with Crippen LogP contribution in [0.15, 0.2) is 24.3 Å². The molecule has 0 amide bonds. The lowest BCUT2D eigenvalue weighted by molar-refractivity contribution is 0.100. The Labute approximate surface area is 83.7 Å². The van der Waals surface area contributed by atoms with Crippen LogP contribution in [0.25, 0.3) is 0 Å². The van der Waals surface area contributed by atoms with Gasteiger partial charge >= 0.3 is 0 Å². The third kappa shape index (κ3) is 2.05. The summed E-state index contributed by atoms with van der Waals surface area (Å²) in [4.78, 5) is 0. The fourth-order valence-electron chi connectivity index (χ4n) is 1.68. The van der Waals surface area contributed by atoms with Crippen molar-refractivity contribution in [1.29, 1.82) is 0 Å². The van der Waals surface area contributed by atoms with E-state index in [1.54, 1.807) is 6.07 Å². The molecule has 0 bridgehead atoms. The van der Waals surface area contributed by atoms with Gasteiger partial charge < -0.3 is 9.84 Å². The third-order valence-electron chi connectivity index (χ3n) is 2.41. The molecule has 0 spiro atoms. The smallest absolute Gasteiger partial charge is 0.118 e. The highest BCUT2D eigenvalue weighted by Crippen LogP contribution is 2.19. The predicted octanol–water partition coefficient (Wildman–Crippen LogP) is 1.27. The van der Waals surface area contributed by atoms with Gasteiger partial charge in [-0.05, 0) is 18.6 Å². The van der Waals surface area contributed by atoms with Gasteiger partial charge in [0.05, 0.1) is 6.61 Å². The molecular weight excluding hydrogens is 178 g/mol. The van der Waals surface area contributed by atoms with Gasteiger partial charge in [-0.3, -0.25) is 5.32 Å². The highest BCUT2D eigenvalue weighted by Gasteiger charge is 2.21. The third-order valence-corrected chi connectivity index (χ3v) is 2.41. The van der Waals surface area contributed by atoms with E-state index in [0.717, 1.165) is 18.6 Å². The van der Waals surface area contributed by atoms with Crippen LogP contribution in [0.3, 0.4) is 0 Å². The number of nitrogens with one attached hydrogen (secondary N) is 1. The van der Waals surface area contributed by atoms with Crippen molar-refractivity contribution in [2.75, 3.05) is 6.61 Å². The minimum Gasteiger partial charge on any atom is -0.508 e. The largest absolute Gasteiger partial charge is 0.508 e. The number of aromatic hydroxyl groups is 1. The standard InChI is InChI=1S/C11H15NO2/c1-8-7-14-11(12-8)6-9-4-2-3-5-10(9)13/h2-5,8,11-13H,6-7H2,1H3. The first-order valence-corrected chi connectivity index (χ1v) is 4.90. The summed E-state index contributed by atoms with van der Waals surface area (Å²) >= 11 is 0. The van der Waals surface area contributed by atoms with E-state index in [1.165, 1.54) is 0 Å². The van der Waals surface area contributed by atoms with Crippen molar-refractivity contribution in [3.8, 4) is 5.75 Å². The summed E-state index contributed by atoms with van der Waals surface area (Å²) in [5.74, 6) is 0.345. The van der Waals surface area contributed by atoms with Crippen LogP contribution in [0.1, 0.15) is 12.5 Å². The van der Waals surface area contributed by atoms with E-state index in [1.807, 2.05) is 18.2 Å². The Morgan fingerprint density at radius 3 is 2.93 bits per heavy atom. The fourth-order valence-corrected chi connectivity index (χ4v) is 1.68. The molecule has 2 atom stereocenters. The van der Waals surface area contributed by atoms with Crippen molar-refractivity contribution in [2.45, 2.75) is 25.6 Å². The van der Waals surface area contributed by atoms with Crippen LogP contribution in [0, 0.1) is 0 Å². The van der Waals surface area contributed by atoms with Crippen LogP contribution in [-0.2, 0) is 11.2 Å². The normalized spacial score (nSPS) is 26.6. The molecule has 0 saturated carbocycles. The van der Waals surface area contributed by atoms with Gasteiger partial charge in [0, 0.05) is 12.5 Å². The molecule has 0 radical (unpaired) electrons. The number of rotatable bonds is 2. The Balaban J connectivity index is 2.01. The van der Waals surface area contributed by atoms with Gasteiger partial charge in [-0.1, -0.05) is 18.2 Å². The lowest BCUT2D eigenvalue weighted by Crippen LogP contribution is -2.29. The number of phenolic OH excluding ortho intramolecular Hbond substituents is 1. The molecule has 2 rings (SSSR count). The number of benzene rings is 1. The van der Waals surface area contributed by atoms with Crippen molar-refractivity contribution in [3.63, 3.8) is 0 Å². The quantitative estimate of drug-likeness (QED) is 0.743. The van der Waals surface area contributed by atoms with Crippen LogP contribution in [0.4, 0.5) is 0 Å². The Kier molecular flexibility index (Phi) is 2.70. The van der Waals surface area contributed by atoms with Gasteiger partial charge in [-0.15, -0.1) is 0 Å². The summed E-state index contributed by atoms with van der Waals surface area (Å²) in [6.45, 7) is 2.84. The van der Waals surface area contributed by atoms with Gasteiger partial charge in [0.1, 0.15) is 12.0 Å². The van der Waals surface area contributed by atoms with Gasteiger partial charge in [-0.25, -0.2) is 0 Å². The molecule has 2 unspecified atom stereocenters. The topological polar surface area (TPSA) is 41.5 Å². The summed E-state index contributed by atoms with van der Waals surface area (Å²) in [7, 11) is 0. The van der Waals surface area contributed by atoms with Crippen LogP contribution >= 0.6 is 0 Å². The minimum atomic E-state index is 0.0401. The molecule has 3 nitrogen and oxygen atoms in total. The second kappa shape index (κ2) is 3.98. The van der Waals surface area contributed by atoms with E-state index in [4.69, 9.17) is 4.74 Å². The molecular formula is C11H15NO2. The number of hydrogen-bond acceptors (Lipinski definition) is 3. The Morgan fingerprint density at radius 1 is 1.50 bits per heavy atom. The van der Waals surface area contributed by atoms with E-state index in [-0.39, 0.29) is 6.23 Å². The van der Waals surface area contributed by atoms with Crippen LogP contribution in [-0.4, -0.2) is 24.0 Å². The Morgan fingerprint density at radius 2 is 2.29 bits per heavy atom. The number of ether oxygens (including phenoxy) is 1. The monoisotopic (exact) mass is 193 g/mol. The Bertz CT molecular complexity index is 314. The molecule has 1 aromatic rings. The van der Waals surface area contributed by atoms with E-state index in [0.29, 0.717) is 11.8 Å². The second-order valence-electron chi connectivity index (χ2n) is 3.72. The number of para-hydroxylation sites is 1. The summed E-state index contributed by atoms with van der Waals surface area (Å²) in [5.41, 5.74) is 0.930. The molecule has 1 saturated heterocycles. The van der Waals surface area contributed by atoms with Crippen molar-refractivity contribution in [3.05, 3.63) is 29.8 Å². The van der Waals surface area contributed by atoms with Crippen LogP contribution in [0.2, 0.25) is 0 Å². The minimum absolute atomic E-state index is 0.0401. The van der Waals surface area contributed by atoms with E-state index in [2.05, 4.69) is 12.2 Å². The summed E-state index contributed by atoms with van der Waals surface area (Å²) in [6.07, 6.45) is 0.759. The highest BCUT2D eigenvalue weighted by molar-refractivity contribution is 5.32. The first-order chi connectivity index (χ1) is 6.75. The lowest BCUT2D eigenvalue weighted by atomic mass is 10.1. The maximum atomic E-state index is 9.55. The first-order valence-electron chi connectivity index (χ1n) is 4.90. The SMILES string of the molecule is CC1COC(Cc2ccccc2O)N1. The lowest BCUT2D eigenvalue weighted by Gasteiger charge is -2.11. The highest BCUT2D eigenvalue weighted by atomic mass is 16.5. The maximum Gasteiger partial charge on any atom is 0.118 e. The van der Waals surface area contributed by atoms with Crippen molar-refractivity contribution in [2.24, 2.45) is 0 Å². The molecule has 3 heteroatoms. The van der Waals surface area contributed by atoms with Gasteiger partial charge in [0.2, 0.25) is 0 Å². The molecule has 2 N–H and O–H groups in total. The molecule has 1 aliphatic heterocycles. The molecule has 1 aliphatic rings. The summed E-state index contributed by atoms with van der Waals surface area (Å²) < 4.78 is 5.50. The zero-order valence-electron chi connectivity index (χ0n) is 8.23. The average molecular weight is 193 g/mol. The first kappa shape index (κ1) is 9.49. The number of hydrogen-bond donors (Lipinski definition) is 2. The van der Waals surface area contributed by atoms with Crippen molar-refractivity contribution >= 4 is 0 Å². The molecule has 14 heavy (non-hydrogen) atoms. The van der Waals surface area contributed by atoms with E-state index >= 15 is 0 Å². The molecule has 1 fully saturated rings. The molecule has 1 aromatic carbocycles. The number of phenols is 1. The van der Waals surface area contributed by atoms with Crippen molar-refractivity contribution < 1.29 is 9.84 Å². The van der Waals surface area contributed by atoms with Crippen LogP contribution in [0.5, 0.6) is 5.75 Å². The zero-order valence-corrected chi connectivity index (χ0v) is 8.23. The Hall–Kier alpha value is -1.06.